The molecule has 2 aromatic carbocycles. The molecule has 1 unspecified atom stereocenters. The lowest BCUT2D eigenvalue weighted by Crippen LogP contribution is -2.31. The molecule has 0 spiro atoms. The zero-order chi connectivity index (χ0) is 22.1. The van der Waals surface area contributed by atoms with Crippen LogP contribution in [-0.2, 0) is 5.92 Å². The van der Waals surface area contributed by atoms with Crippen molar-refractivity contribution in [1.82, 2.24) is 19.3 Å². The Balaban J connectivity index is 1.59. The van der Waals surface area contributed by atoms with Crippen LogP contribution in [0.5, 0.6) is 0 Å². The van der Waals surface area contributed by atoms with Gasteiger partial charge in [-0.1, -0.05) is 22.0 Å². The molecule has 2 N–H and O–H groups in total. The van der Waals surface area contributed by atoms with Gasteiger partial charge in [-0.25, -0.2) is 23.1 Å². The molecule has 1 amide bonds. The average molecular weight is 490 g/mol. The lowest BCUT2D eigenvalue weighted by Gasteiger charge is -2.26. The summed E-state index contributed by atoms with van der Waals surface area (Å²) in [5.41, 5.74) is 7.05. The second kappa shape index (κ2) is 6.68. The number of imidazole rings is 1. The highest BCUT2D eigenvalue weighted by atomic mass is 79.9. The number of hydrogen-bond donors (Lipinski definition) is 1. The van der Waals surface area contributed by atoms with E-state index < -0.39 is 30.1 Å². The van der Waals surface area contributed by atoms with Crippen molar-refractivity contribution in [3.8, 4) is 0 Å². The smallest absolute Gasteiger partial charge is 0.275 e. The normalized spacial score (nSPS) is 17.3. The fourth-order valence-corrected chi connectivity index (χ4v) is 4.50. The summed E-state index contributed by atoms with van der Waals surface area (Å²) in [4.78, 5) is 22.5. The minimum atomic E-state index is -3.09. The third-order valence-electron chi connectivity index (χ3n) is 5.70. The van der Waals surface area contributed by atoms with Crippen molar-refractivity contribution < 1.29 is 18.0 Å². The monoisotopic (exact) mass is 489 g/mol. The molecule has 1 aliphatic rings. The molecule has 2 heterocycles. The number of benzene rings is 2. The number of aromatic nitrogens is 3. The molecule has 0 saturated carbocycles. The number of hydrogen-bond acceptors (Lipinski definition) is 4. The summed E-state index contributed by atoms with van der Waals surface area (Å²) in [6.07, 6.45) is 2.42. The maximum Gasteiger partial charge on any atom is 0.275 e. The second-order valence-electron chi connectivity index (χ2n) is 7.54. The maximum absolute atomic E-state index is 14.9. The lowest BCUT2D eigenvalue weighted by molar-refractivity contribution is -0.0171. The number of nitrogens with zero attached hydrogens (tertiary/aromatic N) is 4. The molecule has 6 nitrogen and oxygen atoms in total. The minimum absolute atomic E-state index is 0.134. The van der Waals surface area contributed by atoms with E-state index in [9.17, 15) is 18.0 Å². The topological polar surface area (TPSA) is 76.5 Å². The van der Waals surface area contributed by atoms with Crippen LogP contribution in [0.4, 0.5) is 19.0 Å². The van der Waals surface area contributed by atoms with Gasteiger partial charge in [0.25, 0.3) is 11.8 Å². The Morgan fingerprint density at radius 1 is 1.29 bits per heavy atom. The summed E-state index contributed by atoms with van der Waals surface area (Å²) < 4.78 is 46.2. The van der Waals surface area contributed by atoms with E-state index in [2.05, 4.69) is 25.9 Å². The van der Waals surface area contributed by atoms with Crippen molar-refractivity contribution in [3.63, 3.8) is 0 Å². The number of nitrogen functional groups attached to an aromatic ring is 1. The number of carbonyl (C=O) groups is 1. The Kier molecular flexibility index (Phi) is 4.27. The highest BCUT2D eigenvalue weighted by Crippen LogP contribution is 2.50. The molecule has 10 heteroatoms. The largest absolute Gasteiger partial charge is 0.382 e. The number of amides is 1. The van der Waals surface area contributed by atoms with Crippen LogP contribution in [0, 0.1) is 5.82 Å². The Morgan fingerprint density at radius 3 is 2.84 bits per heavy atom. The molecule has 0 fully saturated rings. The van der Waals surface area contributed by atoms with Gasteiger partial charge >= 0.3 is 0 Å². The molecule has 4 aromatic rings. The van der Waals surface area contributed by atoms with Gasteiger partial charge in [0.05, 0.1) is 35.2 Å². The number of nitrogens with two attached hydrogens (primary N) is 1. The fourth-order valence-electron chi connectivity index (χ4n) is 4.14. The summed E-state index contributed by atoms with van der Waals surface area (Å²) >= 11 is 3.21. The standard InChI is InChI=1S/C21H15BrF3N5O/c1-29(17-7-21(24,25)13-4-10(22)2-3-11(13)17)20(31)12-5-16-15(6-14(12)23)28-19(26)18-8-27-9-30(16)18/h2-6,8-9,17H,7H2,1H3,(H2,26,28). The van der Waals surface area contributed by atoms with E-state index in [1.54, 1.807) is 16.5 Å². The molecule has 0 aliphatic heterocycles. The highest BCUT2D eigenvalue weighted by Gasteiger charge is 2.47. The molecule has 1 atom stereocenters. The lowest BCUT2D eigenvalue weighted by atomic mass is 10.1. The number of carbonyl (C=O) groups excluding carboxylic acids is 1. The van der Waals surface area contributed by atoms with Crippen molar-refractivity contribution in [2.24, 2.45) is 0 Å². The van der Waals surface area contributed by atoms with Crippen molar-refractivity contribution in [2.45, 2.75) is 18.4 Å². The van der Waals surface area contributed by atoms with Gasteiger partial charge in [0.1, 0.15) is 17.2 Å². The van der Waals surface area contributed by atoms with Gasteiger partial charge in [0, 0.05) is 29.6 Å². The summed E-state index contributed by atoms with van der Waals surface area (Å²) in [6, 6.07) is 6.14. The number of alkyl halides is 2. The van der Waals surface area contributed by atoms with Gasteiger partial charge in [-0.2, -0.15) is 0 Å². The van der Waals surface area contributed by atoms with Crippen LogP contribution in [0.3, 0.4) is 0 Å². The van der Waals surface area contributed by atoms with E-state index in [-0.39, 0.29) is 22.5 Å². The maximum atomic E-state index is 14.9. The first-order valence-corrected chi connectivity index (χ1v) is 10.1. The van der Waals surface area contributed by atoms with E-state index in [0.717, 1.165) is 11.0 Å². The molecule has 158 valence electrons. The Labute approximate surface area is 182 Å². The van der Waals surface area contributed by atoms with E-state index in [0.29, 0.717) is 21.1 Å². The molecular formula is C21H15BrF3N5O. The zero-order valence-corrected chi connectivity index (χ0v) is 17.7. The predicted octanol–water partition coefficient (Wildman–Crippen LogP) is 4.68. The fraction of sp³-hybridized carbons (Fsp3) is 0.190. The van der Waals surface area contributed by atoms with E-state index >= 15 is 0 Å². The van der Waals surface area contributed by atoms with Gasteiger partial charge in [0.2, 0.25) is 0 Å². The van der Waals surface area contributed by atoms with Crippen LogP contribution in [0.25, 0.3) is 16.6 Å². The van der Waals surface area contributed by atoms with E-state index in [4.69, 9.17) is 5.73 Å². The summed E-state index contributed by atoms with van der Waals surface area (Å²) in [7, 11) is 1.40. The van der Waals surface area contributed by atoms with Crippen LogP contribution in [-0.4, -0.2) is 32.2 Å². The van der Waals surface area contributed by atoms with Crippen molar-refractivity contribution in [1.29, 1.82) is 0 Å². The third kappa shape index (κ3) is 2.96. The third-order valence-corrected chi connectivity index (χ3v) is 6.20. The molecule has 1 aliphatic carbocycles. The van der Waals surface area contributed by atoms with Crippen LogP contribution >= 0.6 is 15.9 Å². The summed E-state index contributed by atoms with van der Waals surface area (Å²) in [5, 5.41) is 0. The van der Waals surface area contributed by atoms with Crippen molar-refractivity contribution >= 4 is 44.2 Å². The van der Waals surface area contributed by atoms with E-state index in [1.165, 1.54) is 31.7 Å². The Hall–Kier alpha value is -3.14. The van der Waals surface area contributed by atoms with Crippen LogP contribution < -0.4 is 5.73 Å². The first-order valence-electron chi connectivity index (χ1n) is 9.33. The van der Waals surface area contributed by atoms with Crippen LogP contribution in [0.15, 0.2) is 47.3 Å². The highest BCUT2D eigenvalue weighted by molar-refractivity contribution is 9.10. The van der Waals surface area contributed by atoms with Gasteiger partial charge in [-0.3, -0.25) is 9.20 Å². The van der Waals surface area contributed by atoms with Crippen LogP contribution in [0.2, 0.25) is 0 Å². The van der Waals surface area contributed by atoms with Gasteiger partial charge in [-0.05, 0) is 23.8 Å². The molecular weight excluding hydrogens is 475 g/mol. The molecule has 31 heavy (non-hydrogen) atoms. The Bertz CT molecular complexity index is 1390. The molecule has 2 aromatic heterocycles. The van der Waals surface area contributed by atoms with Crippen LogP contribution in [0.1, 0.15) is 33.9 Å². The average Bonchev–Trinajstić information content (AvgIpc) is 3.30. The first-order chi connectivity index (χ1) is 14.7. The quantitative estimate of drug-likeness (QED) is 0.443. The number of anilines is 1. The Morgan fingerprint density at radius 2 is 2.06 bits per heavy atom. The molecule has 0 bridgehead atoms. The second-order valence-corrected chi connectivity index (χ2v) is 8.45. The molecule has 5 rings (SSSR count). The first kappa shape index (κ1) is 19.8. The molecule has 0 saturated heterocycles. The SMILES string of the molecule is CN(C(=O)c1cc2c(cc1F)nc(N)c1cncn12)C1CC(F)(F)c2cc(Br)ccc21. The van der Waals surface area contributed by atoms with Gasteiger partial charge in [-0.15, -0.1) is 0 Å². The summed E-state index contributed by atoms with van der Waals surface area (Å²) in [5.74, 6) is -4.43. The number of rotatable bonds is 2. The molecule has 0 radical (unpaired) electrons. The van der Waals surface area contributed by atoms with Gasteiger partial charge in [0.15, 0.2) is 0 Å². The van der Waals surface area contributed by atoms with Crippen molar-refractivity contribution in [2.75, 3.05) is 12.8 Å². The number of halogens is 4. The predicted molar refractivity (Wildman–Crippen MR) is 112 cm³/mol. The number of fused-ring (bicyclic) bond motifs is 4. The van der Waals surface area contributed by atoms with Gasteiger partial charge < -0.3 is 10.6 Å². The summed E-state index contributed by atoms with van der Waals surface area (Å²) in [6.45, 7) is 0. The van der Waals surface area contributed by atoms with Crippen molar-refractivity contribution in [3.05, 3.63) is 69.8 Å². The zero-order valence-electron chi connectivity index (χ0n) is 16.1. The van der Waals surface area contributed by atoms with E-state index in [1.807, 2.05) is 0 Å². The minimum Gasteiger partial charge on any atom is -0.382 e.